The number of carbonyl (C=O) groups excluding carboxylic acids is 3. The predicted octanol–water partition coefficient (Wildman–Crippen LogP) is 2.24. The Morgan fingerprint density at radius 2 is 1.83 bits per heavy atom. The first-order valence-corrected chi connectivity index (χ1v) is 8.14. The van der Waals surface area contributed by atoms with Crippen LogP contribution in [0.4, 0.5) is 0 Å². The molecule has 0 saturated carbocycles. The molecule has 24 heavy (non-hydrogen) atoms. The Kier molecular flexibility index (Phi) is 5.74. The Balaban J connectivity index is 2.22. The van der Waals surface area contributed by atoms with Crippen LogP contribution in [0.15, 0.2) is 29.2 Å². The third kappa shape index (κ3) is 3.65. The minimum absolute atomic E-state index is 0.301. The van der Waals surface area contributed by atoms with E-state index in [1.807, 2.05) is 0 Å². The van der Waals surface area contributed by atoms with Crippen molar-refractivity contribution >= 4 is 52.2 Å². The standard InChI is InChI=1S/C16H15NO5S2/c1-9(14(19)21-2)17-13(18)12(24-16(17)23)8-10-4-6-11(7-5-10)15(20)22-3/h4-9H,1-3H3/b12-8-/t9-/m0/s1. The average molecular weight is 365 g/mol. The molecule has 0 bridgehead atoms. The van der Waals surface area contributed by atoms with E-state index in [0.29, 0.717) is 14.8 Å². The molecule has 2 rings (SSSR count). The summed E-state index contributed by atoms with van der Waals surface area (Å²) in [5.74, 6) is -1.31. The number of esters is 2. The van der Waals surface area contributed by atoms with Gasteiger partial charge in [0.2, 0.25) is 0 Å². The highest BCUT2D eigenvalue weighted by atomic mass is 32.2. The number of benzene rings is 1. The summed E-state index contributed by atoms with van der Waals surface area (Å²) in [6.45, 7) is 1.56. The molecule has 1 aromatic rings. The van der Waals surface area contributed by atoms with Crippen LogP contribution in [0.3, 0.4) is 0 Å². The fourth-order valence-corrected chi connectivity index (χ4v) is 3.49. The summed E-state index contributed by atoms with van der Waals surface area (Å²) < 4.78 is 9.59. The summed E-state index contributed by atoms with van der Waals surface area (Å²) in [5, 5.41) is 0. The molecule has 0 unspecified atom stereocenters. The van der Waals surface area contributed by atoms with Gasteiger partial charge in [0, 0.05) is 0 Å². The van der Waals surface area contributed by atoms with Gasteiger partial charge in [-0.2, -0.15) is 0 Å². The second-order valence-electron chi connectivity index (χ2n) is 4.86. The molecule has 1 atom stereocenters. The van der Waals surface area contributed by atoms with Gasteiger partial charge in [-0.3, -0.25) is 9.69 Å². The normalized spacial score (nSPS) is 17.1. The van der Waals surface area contributed by atoms with Crippen molar-refractivity contribution in [3.63, 3.8) is 0 Å². The van der Waals surface area contributed by atoms with Gasteiger partial charge < -0.3 is 9.47 Å². The van der Waals surface area contributed by atoms with Crippen molar-refractivity contribution in [3.8, 4) is 0 Å². The van der Waals surface area contributed by atoms with Crippen molar-refractivity contribution in [2.24, 2.45) is 0 Å². The molecule has 1 amide bonds. The van der Waals surface area contributed by atoms with Gasteiger partial charge in [-0.15, -0.1) is 0 Å². The molecular weight excluding hydrogens is 350 g/mol. The number of hydrogen-bond donors (Lipinski definition) is 0. The highest BCUT2D eigenvalue weighted by molar-refractivity contribution is 8.26. The number of thioether (sulfide) groups is 1. The van der Waals surface area contributed by atoms with Crippen LogP contribution in [0.2, 0.25) is 0 Å². The Hall–Kier alpha value is -2.19. The zero-order chi connectivity index (χ0) is 17.9. The van der Waals surface area contributed by atoms with E-state index in [4.69, 9.17) is 12.2 Å². The van der Waals surface area contributed by atoms with Crippen molar-refractivity contribution in [1.82, 2.24) is 4.90 Å². The second kappa shape index (κ2) is 7.59. The van der Waals surface area contributed by atoms with Crippen molar-refractivity contribution in [2.45, 2.75) is 13.0 Å². The Bertz CT molecular complexity index is 726. The highest BCUT2D eigenvalue weighted by Gasteiger charge is 2.38. The second-order valence-corrected chi connectivity index (χ2v) is 6.54. The van der Waals surface area contributed by atoms with Crippen molar-refractivity contribution in [1.29, 1.82) is 0 Å². The number of hydrogen-bond acceptors (Lipinski definition) is 7. The van der Waals surface area contributed by atoms with E-state index in [1.165, 1.54) is 19.1 Å². The molecule has 0 aliphatic carbocycles. The van der Waals surface area contributed by atoms with E-state index in [0.717, 1.165) is 17.3 Å². The lowest BCUT2D eigenvalue weighted by molar-refractivity contribution is -0.147. The van der Waals surface area contributed by atoms with Gasteiger partial charge in [0.05, 0.1) is 24.7 Å². The molecule has 1 aliphatic rings. The number of thiocarbonyl (C=S) groups is 1. The Morgan fingerprint density at radius 1 is 1.21 bits per heavy atom. The van der Waals surface area contributed by atoms with Crippen molar-refractivity contribution in [3.05, 3.63) is 40.3 Å². The molecule has 1 aliphatic heterocycles. The van der Waals surface area contributed by atoms with Gasteiger partial charge >= 0.3 is 11.9 Å². The van der Waals surface area contributed by atoms with E-state index in [9.17, 15) is 14.4 Å². The lowest BCUT2D eigenvalue weighted by Crippen LogP contribution is -2.42. The largest absolute Gasteiger partial charge is 0.467 e. The highest BCUT2D eigenvalue weighted by Crippen LogP contribution is 2.34. The van der Waals surface area contributed by atoms with Gasteiger partial charge in [-0.25, -0.2) is 9.59 Å². The lowest BCUT2D eigenvalue weighted by atomic mass is 10.1. The average Bonchev–Trinajstić information content (AvgIpc) is 2.87. The predicted molar refractivity (Wildman–Crippen MR) is 94.3 cm³/mol. The lowest BCUT2D eigenvalue weighted by Gasteiger charge is -2.20. The maximum atomic E-state index is 12.5. The number of amides is 1. The third-order valence-electron chi connectivity index (χ3n) is 3.38. The summed E-state index contributed by atoms with van der Waals surface area (Å²) in [5.41, 5.74) is 1.15. The summed E-state index contributed by atoms with van der Waals surface area (Å²) in [6, 6.07) is 5.82. The molecule has 1 fully saturated rings. The van der Waals surface area contributed by atoms with E-state index in [2.05, 4.69) is 9.47 Å². The summed E-state index contributed by atoms with van der Waals surface area (Å²) >= 11 is 6.30. The zero-order valence-corrected chi connectivity index (χ0v) is 14.9. The molecule has 6 nitrogen and oxygen atoms in total. The minimum Gasteiger partial charge on any atom is -0.467 e. The summed E-state index contributed by atoms with van der Waals surface area (Å²) in [4.78, 5) is 37.2. The molecule has 0 aromatic heterocycles. The van der Waals surface area contributed by atoms with Crippen LogP contribution < -0.4 is 0 Å². The molecular formula is C16H15NO5S2. The Labute approximate surface area is 148 Å². The van der Waals surface area contributed by atoms with Crippen LogP contribution in [-0.2, 0) is 19.1 Å². The van der Waals surface area contributed by atoms with Crippen LogP contribution in [0.5, 0.6) is 0 Å². The van der Waals surface area contributed by atoms with Crippen LogP contribution in [-0.4, -0.2) is 47.3 Å². The smallest absolute Gasteiger partial charge is 0.337 e. The van der Waals surface area contributed by atoms with Crippen LogP contribution in [0.1, 0.15) is 22.8 Å². The third-order valence-corrected chi connectivity index (χ3v) is 4.71. The van der Waals surface area contributed by atoms with Gasteiger partial charge in [0.1, 0.15) is 10.4 Å². The monoisotopic (exact) mass is 365 g/mol. The van der Waals surface area contributed by atoms with E-state index in [-0.39, 0.29) is 5.91 Å². The van der Waals surface area contributed by atoms with E-state index in [1.54, 1.807) is 37.3 Å². The topological polar surface area (TPSA) is 72.9 Å². The number of rotatable bonds is 4. The number of carbonyl (C=O) groups is 3. The molecule has 1 heterocycles. The molecule has 1 aromatic carbocycles. The van der Waals surface area contributed by atoms with Gasteiger partial charge in [0.15, 0.2) is 0 Å². The van der Waals surface area contributed by atoms with Crippen LogP contribution in [0.25, 0.3) is 6.08 Å². The summed E-state index contributed by atoms with van der Waals surface area (Å²) in [7, 11) is 2.57. The van der Waals surface area contributed by atoms with Gasteiger partial charge in [0.25, 0.3) is 5.91 Å². The first kappa shape index (κ1) is 18.2. The zero-order valence-electron chi connectivity index (χ0n) is 13.3. The number of nitrogens with zero attached hydrogens (tertiary/aromatic N) is 1. The molecule has 0 radical (unpaired) electrons. The maximum Gasteiger partial charge on any atom is 0.337 e. The Morgan fingerprint density at radius 3 is 2.38 bits per heavy atom. The maximum absolute atomic E-state index is 12.5. The molecule has 126 valence electrons. The fourth-order valence-electron chi connectivity index (χ4n) is 2.07. The quantitative estimate of drug-likeness (QED) is 0.460. The molecule has 0 N–H and O–H groups in total. The number of methoxy groups -OCH3 is 2. The van der Waals surface area contributed by atoms with E-state index < -0.39 is 18.0 Å². The van der Waals surface area contributed by atoms with Gasteiger partial charge in [-0.05, 0) is 30.7 Å². The fraction of sp³-hybridized carbons (Fsp3) is 0.250. The van der Waals surface area contributed by atoms with E-state index >= 15 is 0 Å². The number of ether oxygens (including phenoxy) is 2. The SMILES string of the molecule is COC(=O)c1ccc(/C=C2\SC(=S)N([C@@H](C)C(=O)OC)C2=O)cc1. The first-order valence-electron chi connectivity index (χ1n) is 6.92. The van der Waals surface area contributed by atoms with Crippen LogP contribution in [0, 0.1) is 0 Å². The molecule has 8 heteroatoms. The van der Waals surface area contributed by atoms with Crippen LogP contribution >= 0.6 is 24.0 Å². The molecule has 0 spiro atoms. The first-order chi connectivity index (χ1) is 11.4. The van der Waals surface area contributed by atoms with Gasteiger partial charge in [-0.1, -0.05) is 36.1 Å². The molecule has 1 saturated heterocycles. The van der Waals surface area contributed by atoms with Crippen molar-refractivity contribution in [2.75, 3.05) is 14.2 Å². The van der Waals surface area contributed by atoms with Crippen molar-refractivity contribution < 1.29 is 23.9 Å². The minimum atomic E-state index is -0.782. The summed E-state index contributed by atoms with van der Waals surface area (Å²) in [6.07, 6.45) is 1.66.